The van der Waals surface area contributed by atoms with Crippen LogP contribution in [0.2, 0.25) is 0 Å². The van der Waals surface area contributed by atoms with Crippen LogP contribution in [0.3, 0.4) is 0 Å². The van der Waals surface area contributed by atoms with E-state index in [1.807, 2.05) is 39.0 Å². The standard InChI is InChI=1S/C24H28N4O6/c1-4-21(27-15-19(14-25-27)28(30)31)24(29)26-18-8-10-20(11-9-18)34-16-17-7-12-22(32-5-2)23(13-17)33-6-3/h7-15,21H,4-6,16H2,1-3H3,(H,26,29). The molecular formula is C24H28N4O6. The van der Waals surface area contributed by atoms with Gasteiger partial charge in [-0.1, -0.05) is 13.0 Å². The highest BCUT2D eigenvalue weighted by Gasteiger charge is 2.22. The first-order valence-electron chi connectivity index (χ1n) is 11.1. The molecular weight excluding hydrogens is 440 g/mol. The van der Waals surface area contributed by atoms with E-state index in [9.17, 15) is 14.9 Å². The van der Waals surface area contributed by atoms with E-state index in [0.29, 0.717) is 49.2 Å². The molecule has 0 saturated heterocycles. The summed E-state index contributed by atoms with van der Waals surface area (Å²) < 4.78 is 18.4. The van der Waals surface area contributed by atoms with Gasteiger partial charge in [0.1, 0.15) is 30.8 Å². The van der Waals surface area contributed by atoms with E-state index in [-0.39, 0.29) is 11.6 Å². The molecule has 1 heterocycles. The Bertz CT molecular complexity index is 1110. The van der Waals surface area contributed by atoms with Gasteiger partial charge >= 0.3 is 5.69 Å². The summed E-state index contributed by atoms with van der Waals surface area (Å²) >= 11 is 0. The lowest BCUT2D eigenvalue weighted by Gasteiger charge is -2.15. The van der Waals surface area contributed by atoms with Crippen molar-refractivity contribution in [2.75, 3.05) is 18.5 Å². The molecule has 0 aliphatic rings. The molecule has 1 N–H and O–H groups in total. The van der Waals surface area contributed by atoms with Gasteiger partial charge in [0.05, 0.1) is 18.1 Å². The van der Waals surface area contributed by atoms with Gasteiger partial charge < -0.3 is 19.5 Å². The number of nitro groups is 1. The summed E-state index contributed by atoms with van der Waals surface area (Å²) in [4.78, 5) is 23.0. The molecule has 34 heavy (non-hydrogen) atoms. The van der Waals surface area contributed by atoms with Gasteiger partial charge in [0.25, 0.3) is 0 Å². The molecule has 2 aromatic carbocycles. The molecule has 0 saturated carbocycles. The summed E-state index contributed by atoms with van der Waals surface area (Å²) in [5.74, 6) is 1.70. The zero-order valence-corrected chi connectivity index (χ0v) is 19.4. The molecule has 3 rings (SSSR count). The predicted octanol–water partition coefficient (Wildman–Crippen LogP) is 4.76. The van der Waals surface area contributed by atoms with Gasteiger partial charge in [-0.15, -0.1) is 0 Å². The predicted molar refractivity (Wildman–Crippen MR) is 126 cm³/mol. The van der Waals surface area contributed by atoms with Crippen molar-refractivity contribution in [2.45, 2.75) is 39.8 Å². The van der Waals surface area contributed by atoms with Crippen molar-refractivity contribution in [3.8, 4) is 17.2 Å². The van der Waals surface area contributed by atoms with E-state index in [2.05, 4.69) is 10.4 Å². The molecule has 0 radical (unpaired) electrons. The first-order valence-corrected chi connectivity index (χ1v) is 11.1. The van der Waals surface area contributed by atoms with E-state index in [0.717, 1.165) is 11.8 Å². The van der Waals surface area contributed by atoms with Crippen LogP contribution in [0.5, 0.6) is 17.2 Å². The van der Waals surface area contributed by atoms with Gasteiger partial charge in [0.2, 0.25) is 5.91 Å². The van der Waals surface area contributed by atoms with Gasteiger partial charge in [-0.2, -0.15) is 5.10 Å². The van der Waals surface area contributed by atoms with Crippen LogP contribution in [0, 0.1) is 10.1 Å². The van der Waals surface area contributed by atoms with E-state index in [4.69, 9.17) is 14.2 Å². The van der Waals surface area contributed by atoms with Crippen molar-refractivity contribution < 1.29 is 23.9 Å². The van der Waals surface area contributed by atoms with Crippen molar-refractivity contribution in [1.29, 1.82) is 0 Å². The molecule has 10 heteroatoms. The van der Waals surface area contributed by atoms with Gasteiger partial charge in [0.15, 0.2) is 11.5 Å². The number of amides is 1. The third kappa shape index (κ3) is 6.25. The van der Waals surface area contributed by atoms with Gasteiger partial charge in [-0.25, -0.2) is 0 Å². The number of anilines is 1. The van der Waals surface area contributed by atoms with Crippen molar-refractivity contribution in [2.24, 2.45) is 0 Å². The topological polar surface area (TPSA) is 118 Å². The number of carbonyl (C=O) groups is 1. The minimum absolute atomic E-state index is 0.159. The lowest BCUT2D eigenvalue weighted by Crippen LogP contribution is -2.25. The maximum absolute atomic E-state index is 12.7. The number of benzene rings is 2. The summed E-state index contributed by atoms with van der Waals surface area (Å²) in [5, 5.41) is 17.6. The minimum Gasteiger partial charge on any atom is -0.490 e. The second-order valence-electron chi connectivity index (χ2n) is 7.31. The normalized spacial score (nSPS) is 11.5. The van der Waals surface area contributed by atoms with E-state index in [1.165, 1.54) is 10.9 Å². The smallest absolute Gasteiger partial charge is 0.307 e. The Morgan fingerprint density at radius 2 is 1.76 bits per heavy atom. The molecule has 3 aromatic rings. The zero-order valence-electron chi connectivity index (χ0n) is 19.4. The van der Waals surface area contributed by atoms with Crippen LogP contribution in [-0.4, -0.2) is 33.8 Å². The molecule has 1 amide bonds. The van der Waals surface area contributed by atoms with Crippen LogP contribution in [0.15, 0.2) is 54.9 Å². The van der Waals surface area contributed by atoms with Gasteiger partial charge in [0, 0.05) is 5.69 Å². The quantitative estimate of drug-likeness (QED) is 0.301. The largest absolute Gasteiger partial charge is 0.490 e. The lowest BCUT2D eigenvalue weighted by molar-refractivity contribution is -0.385. The highest BCUT2D eigenvalue weighted by Crippen LogP contribution is 2.29. The monoisotopic (exact) mass is 468 g/mol. The van der Waals surface area contributed by atoms with Crippen LogP contribution < -0.4 is 19.5 Å². The fourth-order valence-electron chi connectivity index (χ4n) is 3.30. The highest BCUT2D eigenvalue weighted by molar-refractivity contribution is 5.93. The number of rotatable bonds is 12. The third-order valence-corrected chi connectivity index (χ3v) is 4.94. The van der Waals surface area contributed by atoms with Crippen LogP contribution in [-0.2, 0) is 11.4 Å². The van der Waals surface area contributed by atoms with Crippen LogP contribution in [0.4, 0.5) is 11.4 Å². The van der Waals surface area contributed by atoms with Gasteiger partial charge in [-0.3, -0.25) is 19.6 Å². The van der Waals surface area contributed by atoms with E-state index in [1.54, 1.807) is 24.3 Å². The van der Waals surface area contributed by atoms with Crippen LogP contribution >= 0.6 is 0 Å². The molecule has 0 aliphatic heterocycles. The Morgan fingerprint density at radius 3 is 2.38 bits per heavy atom. The number of hydrogen-bond acceptors (Lipinski definition) is 7. The van der Waals surface area contributed by atoms with Crippen LogP contribution in [0.1, 0.15) is 38.8 Å². The molecule has 10 nitrogen and oxygen atoms in total. The molecule has 1 aromatic heterocycles. The molecule has 180 valence electrons. The summed E-state index contributed by atoms with van der Waals surface area (Å²) in [7, 11) is 0. The van der Waals surface area contributed by atoms with Crippen molar-refractivity contribution in [3.05, 3.63) is 70.5 Å². The number of hydrogen-bond donors (Lipinski definition) is 1. The molecule has 0 fully saturated rings. The van der Waals surface area contributed by atoms with Crippen LogP contribution in [0.25, 0.3) is 0 Å². The number of nitrogens with one attached hydrogen (secondary N) is 1. The van der Waals surface area contributed by atoms with Crippen molar-refractivity contribution in [3.63, 3.8) is 0 Å². The third-order valence-electron chi connectivity index (χ3n) is 4.94. The maximum Gasteiger partial charge on any atom is 0.307 e. The molecule has 0 spiro atoms. The summed E-state index contributed by atoms with van der Waals surface area (Å²) in [6.07, 6.45) is 2.81. The summed E-state index contributed by atoms with van der Waals surface area (Å²) in [6.45, 7) is 7.08. The second kappa shape index (κ2) is 11.7. The van der Waals surface area contributed by atoms with Crippen molar-refractivity contribution >= 4 is 17.3 Å². The average Bonchev–Trinajstić information content (AvgIpc) is 3.31. The van der Waals surface area contributed by atoms with E-state index < -0.39 is 11.0 Å². The van der Waals surface area contributed by atoms with Crippen molar-refractivity contribution in [1.82, 2.24) is 9.78 Å². The number of carbonyl (C=O) groups excluding carboxylic acids is 1. The average molecular weight is 469 g/mol. The molecule has 1 unspecified atom stereocenters. The number of aromatic nitrogens is 2. The molecule has 0 aliphatic carbocycles. The Hall–Kier alpha value is -4.08. The Kier molecular flexibility index (Phi) is 8.44. The summed E-state index contributed by atoms with van der Waals surface area (Å²) in [5.41, 5.74) is 1.36. The molecule has 0 bridgehead atoms. The lowest BCUT2D eigenvalue weighted by atomic mass is 10.2. The summed E-state index contributed by atoms with van der Waals surface area (Å²) in [6, 6.07) is 12.0. The maximum atomic E-state index is 12.7. The van der Waals surface area contributed by atoms with E-state index >= 15 is 0 Å². The fraction of sp³-hybridized carbons (Fsp3) is 0.333. The SMILES string of the molecule is CCOc1ccc(COc2ccc(NC(=O)C(CC)n3cc([N+](=O)[O-])cn3)cc2)cc1OCC. The number of nitrogens with zero attached hydrogens (tertiary/aromatic N) is 3. The fourth-order valence-corrected chi connectivity index (χ4v) is 3.30. The first-order chi connectivity index (χ1) is 16.4. The highest BCUT2D eigenvalue weighted by atomic mass is 16.6. The minimum atomic E-state index is -0.663. The zero-order chi connectivity index (χ0) is 24.5. The molecule has 1 atom stereocenters. The van der Waals surface area contributed by atoms with Gasteiger partial charge in [-0.05, 0) is 62.2 Å². The Morgan fingerprint density at radius 1 is 1.06 bits per heavy atom. The second-order valence-corrected chi connectivity index (χ2v) is 7.31. The Balaban J connectivity index is 1.59. The first kappa shape index (κ1) is 24.6. The number of ether oxygens (including phenoxy) is 3. The Labute approximate surface area is 197 Å².